The molecule has 0 atom stereocenters. The fourth-order valence-electron chi connectivity index (χ4n) is 1.98. The molecule has 0 fully saturated rings. The van der Waals surface area contributed by atoms with E-state index < -0.39 is 0 Å². The van der Waals surface area contributed by atoms with Crippen molar-refractivity contribution in [3.63, 3.8) is 0 Å². The quantitative estimate of drug-likeness (QED) is 0.847. The topological polar surface area (TPSA) is 54.0 Å². The van der Waals surface area contributed by atoms with Crippen LogP contribution < -0.4 is 10.6 Å². The highest BCUT2D eigenvalue weighted by atomic mass is 16.1. The molecule has 1 amide bonds. The first-order valence-electron chi connectivity index (χ1n) is 6.81. The molecule has 1 aromatic carbocycles. The van der Waals surface area contributed by atoms with Gasteiger partial charge in [-0.15, -0.1) is 0 Å². The molecule has 4 nitrogen and oxygen atoms in total. The van der Waals surface area contributed by atoms with Gasteiger partial charge in [0.1, 0.15) is 0 Å². The summed E-state index contributed by atoms with van der Waals surface area (Å²) in [5.41, 5.74) is 2.62. The predicted octanol–water partition coefficient (Wildman–Crippen LogP) is 2.49. The van der Waals surface area contributed by atoms with Crippen LogP contribution in [0.3, 0.4) is 0 Å². The lowest BCUT2D eigenvalue weighted by molar-refractivity contribution is 0.0955. The number of nitrogens with one attached hydrogen (secondary N) is 2. The third-order valence-electron chi connectivity index (χ3n) is 2.97. The minimum Gasteiger partial charge on any atom is -0.383 e. The van der Waals surface area contributed by atoms with Crippen LogP contribution in [0.1, 0.15) is 22.8 Å². The summed E-state index contributed by atoms with van der Waals surface area (Å²) in [4.78, 5) is 16.2. The Bertz CT molecular complexity index is 555. The highest BCUT2D eigenvalue weighted by Gasteiger charge is 2.10. The fraction of sp³-hybridized carbons (Fsp3) is 0.250. The zero-order valence-electron chi connectivity index (χ0n) is 11.6. The van der Waals surface area contributed by atoms with Gasteiger partial charge in [-0.3, -0.25) is 9.78 Å². The lowest BCUT2D eigenvalue weighted by Crippen LogP contribution is -2.26. The number of rotatable bonds is 6. The van der Waals surface area contributed by atoms with Crippen LogP contribution in [0, 0.1) is 0 Å². The van der Waals surface area contributed by atoms with Crippen molar-refractivity contribution in [1.29, 1.82) is 0 Å². The summed E-state index contributed by atoms with van der Waals surface area (Å²) in [6.07, 6.45) is 4.14. The molecule has 2 rings (SSSR count). The Labute approximate surface area is 119 Å². The molecular formula is C16H19N3O. The van der Waals surface area contributed by atoms with Crippen molar-refractivity contribution in [3.05, 3.63) is 59.9 Å². The van der Waals surface area contributed by atoms with E-state index in [4.69, 9.17) is 0 Å². The second-order valence-electron chi connectivity index (χ2n) is 4.44. The number of carbonyl (C=O) groups is 1. The number of anilines is 1. The molecule has 0 saturated carbocycles. The van der Waals surface area contributed by atoms with E-state index in [-0.39, 0.29) is 5.91 Å². The summed E-state index contributed by atoms with van der Waals surface area (Å²) in [5, 5.41) is 6.08. The number of hydrogen-bond acceptors (Lipinski definition) is 3. The molecular weight excluding hydrogens is 250 g/mol. The SMILES string of the molecule is CCNc1cnccc1C(=O)NCCc1ccccc1. The number of nitrogens with zero attached hydrogens (tertiary/aromatic N) is 1. The molecule has 0 saturated heterocycles. The molecule has 0 unspecified atom stereocenters. The van der Waals surface area contributed by atoms with Gasteiger partial charge in [0.2, 0.25) is 0 Å². The van der Waals surface area contributed by atoms with Crippen LogP contribution in [-0.2, 0) is 6.42 Å². The van der Waals surface area contributed by atoms with Gasteiger partial charge in [-0.1, -0.05) is 30.3 Å². The van der Waals surface area contributed by atoms with E-state index in [0.717, 1.165) is 18.7 Å². The Morgan fingerprint density at radius 1 is 1.20 bits per heavy atom. The minimum absolute atomic E-state index is 0.0701. The summed E-state index contributed by atoms with van der Waals surface area (Å²) < 4.78 is 0. The van der Waals surface area contributed by atoms with E-state index in [0.29, 0.717) is 12.1 Å². The van der Waals surface area contributed by atoms with E-state index in [1.165, 1.54) is 5.56 Å². The van der Waals surface area contributed by atoms with Gasteiger partial charge in [0.25, 0.3) is 5.91 Å². The second-order valence-corrected chi connectivity index (χ2v) is 4.44. The second kappa shape index (κ2) is 7.28. The highest BCUT2D eigenvalue weighted by molar-refractivity contribution is 5.99. The molecule has 0 bridgehead atoms. The third-order valence-corrected chi connectivity index (χ3v) is 2.97. The lowest BCUT2D eigenvalue weighted by atomic mass is 10.1. The van der Waals surface area contributed by atoms with Crippen LogP contribution in [0.2, 0.25) is 0 Å². The van der Waals surface area contributed by atoms with Gasteiger partial charge in [0.05, 0.1) is 17.4 Å². The van der Waals surface area contributed by atoms with Crippen LogP contribution in [0.4, 0.5) is 5.69 Å². The minimum atomic E-state index is -0.0701. The smallest absolute Gasteiger partial charge is 0.253 e. The molecule has 0 aliphatic carbocycles. The standard InChI is InChI=1S/C16H19N3O/c1-2-18-15-12-17-10-9-14(15)16(20)19-11-8-13-6-4-3-5-7-13/h3-7,9-10,12,18H,2,8,11H2,1H3,(H,19,20). The van der Waals surface area contributed by atoms with Crippen LogP contribution in [0.15, 0.2) is 48.8 Å². The number of hydrogen-bond donors (Lipinski definition) is 2. The predicted molar refractivity (Wildman–Crippen MR) is 80.9 cm³/mol. The van der Waals surface area contributed by atoms with E-state index in [1.54, 1.807) is 18.5 Å². The van der Waals surface area contributed by atoms with Gasteiger partial charge in [0, 0.05) is 19.3 Å². The zero-order valence-corrected chi connectivity index (χ0v) is 11.6. The van der Waals surface area contributed by atoms with Gasteiger partial charge < -0.3 is 10.6 Å². The summed E-state index contributed by atoms with van der Waals surface area (Å²) in [6, 6.07) is 11.8. The molecule has 2 N–H and O–H groups in total. The van der Waals surface area contributed by atoms with Gasteiger partial charge in [0.15, 0.2) is 0 Å². The first-order valence-corrected chi connectivity index (χ1v) is 6.81. The summed E-state index contributed by atoms with van der Waals surface area (Å²) >= 11 is 0. The molecule has 0 aliphatic heterocycles. The molecule has 1 heterocycles. The maximum Gasteiger partial charge on any atom is 0.253 e. The number of pyridine rings is 1. The van der Waals surface area contributed by atoms with E-state index in [2.05, 4.69) is 27.8 Å². The molecule has 4 heteroatoms. The number of aromatic nitrogens is 1. The van der Waals surface area contributed by atoms with Crippen molar-refractivity contribution in [2.24, 2.45) is 0 Å². The molecule has 2 aromatic rings. The third kappa shape index (κ3) is 3.82. The Morgan fingerprint density at radius 2 is 2.00 bits per heavy atom. The molecule has 20 heavy (non-hydrogen) atoms. The summed E-state index contributed by atoms with van der Waals surface area (Å²) in [7, 11) is 0. The van der Waals surface area contributed by atoms with Crippen molar-refractivity contribution >= 4 is 11.6 Å². The first kappa shape index (κ1) is 14.1. The average Bonchev–Trinajstić information content (AvgIpc) is 2.49. The van der Waals surface area contributed by atoms with Crippen molar-refractivity contribution in [2.45, 2.75) is 13.3 Å². The molecule has 1 aromatic heterocycles. The van der Waals surface area contributed by atoms with Crippen LogP contribution in [0.5, 0.6) is 0 Å². The van der Waals surface area contributed by atoms with Crippen LogP contribution >= 0.6 is 0 Å². The zero-order chi connectivity index (χ0) is 14.2. The normalized spacial score (nSPS) is 10.1. The lowest BCUT2D eigenvalue weighted by Gasteiger charge is -2.10. The largest absolute Gasteiger partial charge is 0.383 e. The first-order chi connectivity index (χ1) is 9.81. The van der Waals surface area contributed by atoms with Gasteiger partial charge >= 0.3 is 0 Å². The fourth-order valence-corrected chi connectivity index (χ4v) is 1.98. The van der Waals surface area contributed by atoms with Crippen molar-refractivity contribution in [2.75, 3.05) is 18.4 Å². The van der Waals surface area contributed by atoms with Crippen molar-refractivity contribution in [3.8, 4) is 0 Å². The number of carbonyl (C=O) groups excluding carboxylic acids is 1. The monoisotopic (exact) mass is 269 g/mol. The van der Waals surface area contributed by atoms with E-state index in [9.17, 15) is 4.79 Å². The Balaban J connectivity index is 1.92. The van der Waals surface area contributed by atoms with E-state index in [1.807, 2.05) is 25.1 Å². The van der Waals surface area contributed by atoms with E-state index >= 15 is 0 Å². The Morgan fingerprint density at radius 3 is 2.75 bits per heavy atom. The maximum atomic E-state index is 12.2. The van der Waals surface area contributed by atoms with Crippen molar-refractivity contribution in [1.82, 2.24) is 10.3 Å². The number of benzene rings is 1. The number of amides is 1. The summed E-state index contributed by atoms with van der Waals surface area (Å²) in [5.74, 6) is -0.0701. The Hall–Kier alpha value is -2.36. The van der Waals surface area contributed by atoms with Gasteiger partial charge in [-0.2, -0.15) is 0 Å². The van der Waals surface area contributed by atoms with Gasteiger partial charge in [-0.05, 0) is 25.0 Å². The maximum absolute atomic E-state index is 12.2. The molecule has 0 spiro atoms. The molecule has 104 valence electrons. The average molecular weight is 269 g/mol. The van der Waals surface area contributed by atoms with Crippen LogP contribution in [-0.4, -0.2) is 24.0 Å². The Kier molecular flexibility index (Phi) is 5.12. The van der Waals surface area contributed by atoms with Crippen molar-refractivity contribution < 1.29 is 4.79 Å². The summed E-state index contributed by atoms with van der Waals surface area (Å²) in [6.45, 7) is 3.37. The van der Waals surface area contributed by atoms with Gasteiger partial charge in [-0.25, -0.2) is 0 Å². The van der Waals surface area contributed by atoms with Crippen LogP contribution in [0.25, 0.3) is 0 Å². The molecule has 0 aliphatic rings. The molecule has 0 radical (unpaired) electrons. The highest BCUT2D eigenvalue weighted by Crippen LogP contribution is 2.12.